The van der Waals surface area contributed by atoms with Crippen molar-refractivity contribution in [1.82, 2.24) is 19.1 Å². The van der Waals surface area contributed by atoms with Crippen LogP contribution in [0.2, 0.25) is 0 Å². The second-order valence-electron chi connectivity index (χ2n) is 6.51. The molecule has 1 heterocycles. The number of hydrogen-bond donors (Lipinski definition) is 1. The number of rotatable bonds is 7. The number of sulfonamides is 1. The molecule has 7 nitrogen and oxygen atoms in total. The van der Waals surface area contributed by atoms with Crippen LogP contribution in [0.3, 0.4) is 0 Å². The zero-order valence-electron chi connectivity index (χ0n) is 14.7. The van der Waals surface area contributed by atoms with Gasteiger partial charge in [0.2, 0.25) is 10.0 Å². The Morgan fingerprint density at radius 3 is 2.26 bits per heavy atom. The van der Waals surface area contributed by atoms with E-state index in [9.17, 15) is 13.2 Å². The maximum Gasteiger partial charge on any atom is 0.346 e. The Hall–Kier alpha value is -2.71. The minimum absolute atomic E-state index is 0.0903. The topological polar surface area (TPSA) is 86.0 Å². The van der Waals surface area contributed by atoms with Crippen molar-refractivity contribution in [2.24, 2.45) is 0 Å². The van der Waals surface area contributed by atoms with Gasteiger partial charge in [-0.15, -0.1) is 5.10 Å². The van der Waals surface area contributed by atoms with Crippen molar-refractivity contribution < 1.29 is 8.42 Å². The van der Waals surface area contributed by atoms with Gasteiger partial charge in [0.15, 0.2) is 5.82 Å². The smallest absolute Gasteiger partial charge is 0.272 e. The van der Waals surface area contributed by atoms with E-state index in [1.807, 2.05) is 30.3 Å². The lowest BCUT2D eigenvalue weighted by Gasteiger charge is -2.06. The van der Waals surface area contributed by atoms with Gasteiger partial charge in [-0.25, -0.2) is 22.6 Å². The highest BCUT2D eigenvalue weighted by molar-refractivity contribution is 7.89. The Bertz CT molecular complexity index is 1080. The SMILES string of the molecule is O=c1n(CCNS(=O)(=O)c2ccccc2)nc(-c2ccccc2)n1C1CC1. The predicted molar refractivity (Wildman–Crippen MR) is 102 cm³/mol. The highest BCUT2D eigenvalue weighted by atomic mass is 32.2. The number of benzene rings is 2. The Morgan fingerprint density at radius 2 is 1.63 bits per heavy atom. The third kappa shape index (κ3) is 3.72. The lowest BCUT2D eigenvalue weighted by Crippen LogP contribution is -2.32. The van der Waals surface area contributed by atoms with Gasteiger partial charge >= 0.3 is 5.69 Å². The standard InChI is InChI=1S/C19H20N4O3S/c24-19-22(14-13-20-27(25,26)17-9-5-2-6-10-17)21-18(23(19)16-11-12-16)15-7-3-1-4-8-15/h1-10,16,20H,11-14H2. The summed E-state index contributed by atoms with van der Waals surface area (Å²) in [5.41, 5.74) is 0.681. The Balaban J connectivity index is 1.54. The van der Waals surface area contributed by atoms with Crippen molar-refractivity contribution >= 4 is 10.0 Å². The first-order chi connectivity index (χ1) is 13.1. The fraction of sp³-hybridized carbons (Fsp3) is 0.263. The Kier molecular flexibility index (Phi) is 4.67. The van der Waals surface area contributed by atoms with Gasteiger partial charge in [-0.1, -0.05) is 48.5 Å². The summed E-state index contributed by atoms with van der Waals surface area (Å²) in [6.45, 7) is 0.261. The molecule has 0 amide bonds. The second-order valence-corrected chi connectivity index (χ2v) is 8.27. The van der Waals surface area contributed by atoms with E-state index in [0.29, 0.717) is 5.82 Å². The van der Waals surface area contributed by atoms with Crippen molar-refractivity contribution in [3.8, 4) is 11.4 Å². The highest BCUT2D eigenvalue weighted by Gasteiger charge is 2.30. The largest absolute Gasteiger partial charge is 0.346 e. The molecule has 4 rings (SSSR count). The maximum absolute atomic E-state index is 12.8. The summed E-state index contributed by atoms with van der Waals surface area (Å²) in [6.07, 6.45) is 1.93. The molecule has 0 spiro atoms. The molecular weight excluding hydrogens is 364 g/mol. The molecule has 27 heavy (non-hydrogen) atoms. The molecule has 1 saturated carbocycles. The number of aromatic nitrogens is 3. The van der Waals surface area contributed by atoms with Crippen LogP contribution in [0.4, 0.5) is 0 Å². The van der Waals surface area contributed by atoms with Gasteiger partial charge in [0, 0.05) is 18.2 Å². The summed E-state index contributed by atoms with van der Waals surface area (Å²) in [7, 11) is -3.60. The van der Waals surface area contributed by atoms with Crippen LogP contribution in [-0.4, -0.2) is 29.3 Å². The van der Waals surface area contributed by atoms with E-state index >= 15 is 0 Å². The summed E-state index contributed by atoms with van der Waals surface area (Å²) in [6, 6.07) is 17.9. The second kappa shape index (κ2) is 7.13. The molecule has 1 N–H and O–H groups in total. The Morgan fingerprint density at radius 1 is 1.00 bits per heavy atom. The minimum atomic E-state index is -3.60. The van der Waals surface area contributed by atoms with Crippen LogP contribution < -0.4 is 10.4 Å². The average molecular weight is 384 g/mol. The molecule has 1 aliphatic rings. The van der Waals surface area contributed by atoms with Crippen LogP contribution in [-0.2, 0) is 16.6 Å². The quantitative estimate of drug-likeness (QED) is 0.675. The van der Waals surface area contributed by atoms with Gasteiger partial charge in [0.1, 0.15) is 0 Å². The summed E-state index contributed by atoms with van der Waals surface area (Å²) < 4.78 is 30.2. The lowest BCUT2D eigenvalue weighted by atomic mass is 10.2. The van der Waals surface area contributed by atoms with Crippen molar-refractivity contribution in [2.75, 3.05) is 6.54 Å². The molecular formula is C19H20N4O3S. The average Bonchev–Trinajstić information content (AvgIpc) is 3.47. The molecule has 0 atom stereocenters. The van der Waals surface area contributed by atoms with E-state index in [-0.39, 0.29) is 29.7 Å². The lowest BCUT2D eigenvalue weighted by molar-refractivity contribution is 0.547. The minimum Gasteiger partial charge on any atom is -0.272 e. The van der Waals surface area contributed by atoms with Crippen LogP contribution in [0.1, 0.15) is 18.9 Å². The number of hydrogen-bond acceptors (Lipinski definition) is 4. The first kappa shape index (κ1) is 17.7. The molecule has 3 aromatic rings. The summed E-state index contributed by atoms with van der Waals surface area (Å²) in [5, 5.41) is 4.47. The van der Waals surface area contributed by atoms with Gasteiger partial charge in [-0.2, -0.15) is 0 Å². The predicted octanol–water partition coefficient (Wildman–Crippen LogP) is 2.03. The zero-order chi connectivity index (χ0) is 18.9. The normalized spacial score (nSPS) is 14.4. The van der Waals surface area contributed by atoms with Gasteiger partial charge in [-0.05, 0) is 25.0 Å². The van der Waals surface area contributed by atoms with Crippen LogP contribution >= 0.6 is 0 Å². The maximum atomic E-state index is 12.8. The molecule has 0 bridgehead atoms. The van der Waals surface area contributed by atoms with Gasteiger partial charge < -0.3 is 0 Å². The molecule has 2 aromatic carbocycles. The van der Waals surface area contributed by atoms with Crippen LogP contribution in [0.15, 0.2) is 70.4 Å². The molecule has 1 fully saturated rings. The molecule has 8 heteroatoms. The number of nitrogens with zero attached hydrogens (tertiary/aromatic N) is 3. The number of nitrogens with one attached hydrogen (secondary N) is 1. The van der Waals surface area contributed by atoms with Crippen LogP contribution in [0.25, 0.3) is 11.4 Å². The van der Waals surface area contributed by atoms with Crippen LogP contribution in [0, 0.1) is 0 Å². The molecule has 140 valence electrons. The van der Waals surface area contributed by atoms with E-state index in [0.717, 1.165) is 18.4 Å². The van der Waals surface area contributed by atoms with Gasteiger partial charge in [-0.3, -0.25) is 4.57 Å². The van der Waals surface area contributed by atoms with Crippen molar-refractivity contribution in [1.29, 1.82) is 0 Å². The van der Waals surface area contributed by atoms with E-state index in [4.69, 9.17) is 0 Å². The summed E-state index contributed by atoms with van der Waals surface area (Å²) in [4.78, 5) is 13.0. The fourth-order valence-corrected chi connectivity index (χ4v) is 4.02. The van der Waals surface area contributed by atoms with Crippen LogP contribution in [0.5, 0.6) is 0 Å². The summed E-state index contributed by atoms with van der Waals surface area (Å²) in [5.74, 6) is 0.633. The van der Waals surface area contributed by atoms with E-state index in [1.165, 1.54) is 16.8 Å². The monoisotopic (exact) mass is 384 g/mol. The molecule has 0 saturated heterocycles. The third-order valence-electron chi connectivity index (χ3n) is 4.48. The van der Waals surface area contributed by atoms with Crippen molar-refractivity contribution in [3.63, 3.8) is 0 Å². The van der Waals surface area contributed by atoms with Gasteiger partial charge in [0.25, 0.3) is 0 Å². The van der Waals surface area contributed by atoms with Crippen molar-refractivity contribution in [2.45, 2.75) is 30.3 Å². The first-order valence-corrected chi connectivity index (χ1v) is 10.3. The first-order valence-electron chi connectivity index (χ1n) is 8.86. The third-order valence-corrected chi connectivity index (χ3v) is 5.96. The van der Waals surface area contributed by atoms with E-state index in [1.54, 1.807) is 22.8 Å². The molecule has 1 aliphatic carbocycles. The van der Waals surface area contributed by atoms with Crippen molar-refractivity contribution in [3.05, 3.63) is 71.1 Å². The Labute approximate surface area is 157 Å². The molecule has 1 aromatic heterocycles. The molecule has 0 aliphatic heterocycles. The van der Waals surface area contributed by atoms with E-state index in [2.05, 4.69) is 9.82 Å². The van der Waals surface area contributed by atoms with Gasteiger partial charge in [0.05, 0.1) is 11.4 Å². The molecule has 0 unspecified atom stereocenters. The molecule has 0 radical (unpaired) electrons. The summed E-state index contributed by atoms with van der Waals surface area (Å²) >= 11 is 0. The fourth-order valence-electron chi connectivity index (χ4n) is 2.98. The van der Waals surface area contributed by atoms with E-state index < -0.39 is 10.0 Å². The zero-order valence-corrected chi connectivity index (χ0v) is 15.5. The highest BCUT2D eigenvalue weighted by Crippen LogP contribution is 2.36.